The molecule has 0 N–H and O–H groups in total. The van der Waals surface area contributed by atoms with E-state index in [0.717, 1.165) is 0 Å². The van der Waals surface area contributed by atoms with E-state index in [2.05, 4.69) is 0 Å². The first-order valence-electron chi connectivity index (χ1n) is 3.75. The summed E-state index contributed by atoms with van der Waals surface area (Å²) in [4.78, 5) is 10.1. The van der Waals surface area contributed by atoms with Crippen molar-refractivity contribution in [1.29, 1.82) is 0 Å². The molecule has 1 atom stereocenters. The second-order valence-electron chi connectivity index (χ2n) is 2.64. The van der Waals surface area contributed by atoms with Gasteiger partial charge in [-0.3, -0.25) is 10.1 Å². The van der Waals surface area contributed by atoms with Crippen molar-refractivity contribution in [2.45, 2.75) is 6.10 Å². The summed E-state index contributed by atoms with van der Waals surface area (Å²) in [5, 5.41) is 10.6. The Kier molecular flexibility index (Phi) is 1.86. The summed E-state index contributed by atoms with van der Waals surface area (Å²) in [7, 11) is 0. The number of hydrogen-bond acceptors (Lipinski definition) is 4. The molecule has 1 unspecified atom stereocenters. The Labute approximate surface area is 74.1 Å². The summed E-state index contributed by atoms with van der Waals surface area (Å²) >= 11 is 0. The van der Waals surface area contributed by atoms with Gasteiger partial charge in [0.1, 0.15) is 6.10 Å². The lowest BCUT2D eigenvalue weighted by Crippen LogP contribution is -2.24. The average Bonchev–Trinajstić information content (AvgIpc) is 2.17. The van der Waals surface area contributed by atoms with Crippen LogP contribution in [0.15, 0.2) is 35.8 Å². The smallest absolute Gasteiger partial charge is 0.278 e. The molecular formula is C8H7NO4. The zero-order valence-electron chi connectivity index (χ0n) is 6.67. The quantitative estimate of drug-likeness (QED) is 0.446. The molecule has 0 saturated carbocycles. The first-order chi connectivity index (χ1) is 6.29. The minimum absolute atomic E-state index is 0.0344. The van der Waals surface area contributed by atoms with Crippen LogP contribution in [-0.4, -0.2) is 17.8 Å². The highest BCUT2D eigenvalue weighted by Gasteiger charge is 2.29. The Morgan fingerprint density at radius 2 is 2.46 bits per heavy atom. The van der Waals surface area contributed by atoms with E-state index in [0.29, 0.717) is 5.57 Å². The van der Waals surface area contributed by atoms with Crippen LogP contribution < -0.4 is 0 Å². The lowest BCUT2D eigenvalue weighted by atomic mass is 10.0. The van der Waals surface area contributed by atoms with E-state index in [-0.39, 0.29) is 18.6 Å². The molecule has 0 fully saturated rings. The van der Waals surface area contributed by atoms with Crippen molar-refractivity contribution in [3.05, 3.63) is 45.9 Å². The molecule has 2 rings (SSSR count). The standard InChI is InChI=1S/C8H7NO4/c10-9(11)7-2-1-3-8-6(7)4-12-5-13-8/h1-4,8H,5H2. The van der Waals surface area contributed by atoms with Gasteiger partial charge < -0.3 is 9.47 Å². The van der Waals surface area contributed by atoms with Crippen molar-refractivity contribution in [2.24, 2.45) is 0 Å². The predicted molar refractivity (Wildman–Crippen MR) is 43.1 cm³/mol. The molecule has 0 amide bonds. The maximum absolute atomic E-state index is 10.6. The molecule has 5 heteroatoms. The first-order valence-corrected chi connectivity index (χ1v) is 3.75. The Hall–Kier alpha value is -1.62. The molecule has 1 heterocycles. The largest absolute Gasteiger partial charge is 0.474 e. The molecule has 0 aromatic carbocycles. The molecule has 0 aromatic heterocycles. The van der Waals surface area contributed by atoms with E-state index in [4.69, 9.17) is 9.47 Å². The van der Waals surface area contributed by atoms with Gasteiger partial charge in [-0.15, -0.1) is 0 Å². The number of rotatable bonds is 1. The van der Waals surface area contributed by atoms with Gasteiger partial charge in [-0.25, -0.2) is 0 Å². The lowest BCUT2D eigenvalue weighted by molar-refractivity contribution is -0.422. The Balaban J connectivity index is 2.37. The number of nitrogens with zero attached hydrogens (tertiary/aromatic N) is 1. The van der Waals surface area contributed by atoms with E-state index < -0.39 is 4.92 Å². The zero-order valence-corrected chi connectivity index (χ0v) is 6.67. The highest BCUT2D eigenvalue weighted by molar-refractivity contribution is 5.38. The van der Waals surface area contributed by atoms with Gasteiger partial charge in [-0.2, -0.15) is 0 Å². The number of allylic oxidation sites excluding steroid dienone is 2. The van der Waals surface area contributed by atoms with Gasteiger partial charge in [0.25, 0.3) is 5.70 Å². The van der Waals surface area contributed by atoms with Crippen LogP contribution in [-0.2, 0) is 9.47 Å². The molecule has 1 aliphatic heterocycles. The second-order valence-corrected chi connectivity index (χ2v) is 2.64. The maximum atomic E-state index is 10.6. The van der Waals surface area contributed by atoms with Gasteiger partial charge in [0.05, 0.1) is 16.8 Å². The van der Waals surface area contributed by atoms with Gasteiger partial charge in [-0.1, -0.05) is 12.2 Å². The van der Waals surface area contributed by atoms with Crippen molar-refractivity contribution in [3.63, 3.8) is 0 Å². The Bertz CT molecular complexity index is 329. The summed E-state index contributed by atoms with van der Waals surface area (Å²) in [6.07, 6.45) is 5.85. The fourth-order valence-corrected chi connectivity index (χ4v) is 1.27. The lowest BCUT2D eigenvalue weighted by Gasteiger charge is -2.21. The predicted octanol–water partition coefficient (Wildman–Crippen LogP) is 0.974. The van der Waals surface area contributed by atoms with Crippen LogP contribution in [0.2, 0.25) is 0 Å². The molecular weight excluding hydrogens is 174 g/mol. The van der Waals surface area contributed by atoms with Crippen LogP contribution in [0.5, 0.6) is 0 Å². The molecule has 0 saturated heterocycles. The van der Waals surface area contributed by atoms with Crippen LogP contribution in [0.1, 0.15) is 0 Å². The maximum Gasteiger partial charge on any atom is 0.278 e. The van der Waals surface area contributed by atoms with Gasteiger partial charge in [0.2, 0.25) is 0 Å². The molecule has 0 radical (unpaired) electrons. The third kappa shape index (κ3) is 1.33. The van der Waals surface area contributed by atoms with E-state index in [1.54, 1.807) is 12.2 Å². The van der Waals surface area contributed by atoms with E-state index in [1.165, 1.54) is 12.3 Å². The highest BCUT2D eigenvalue weighted by atomic mass is 16.7. The van der Waals surface area contributed by atoms with Gasteiger partial charge >= 0.3 is 0 Å². The van der Waals surface area contributed by atoms with Crippen molar-refractivity contribution < 1.29 is 14.4 Å². The molecule has 2 aliphatic rings. The molecule has 68 valence electrons. The molecule has 0 aromatic rings. The molecule has 1 aliphatic carbocycles. The minimum atomic E-state index is -0.444. The van der Waals surface area contributed by atoms with Crippen molar-refractivity contribution >= 4 is 0 Å². The SMILES string of the molecule is O=[N+]([O-])C1=CC=CC2OCOC=C12. The summed E-state index contributed by atoms with van der Waals surface area (Å²) in [5.74, 6) is 0. The summed E-state index contributed by atoms with van der Waals surface area (Å²) in [5.41, 5.74) is 0.506. The number of ether oxygens (including phenoxy) is 2. The van der Waals surface area contributed by atoms with E-state index in [9.17, 15) is 10.1 Å². The van der Waals surface area contributed by atoms with Crippen LogP contribution in [0, 0.1) is 10.1 Å². The van der Waals surface area contributed by atoms with Crippen LogP contribution in [0.4, 0.5) is 0 Å². The van der Waals surface area contributed by atoms with Crippen molar-refractivity contribution in [2.75, 3.05) is 6.79 Å². The monoisotopic (exact) mass is 181 g/mol. The van der Waals surface area contributed by atoms with Crippen molar-refractivity contribution in [1.82, 2.24) is 0 Å². The first kappa shape index (κ1) is 8.00. The molecule has 0 spiro atoms. The van der Waals surface area contributed by atoms with Gasteiger partial charge in [-0.05, 0) is 0 Å². The topological polar surface area (TPSA) is 61.6 Å². The Morgan fingerprint density at radius 3 is 3.23 bits per heavy atom. The van der Waals surface area contributed by atoms with Crippen LogP contribution in [0.25, 0.3) is 0 Å². The third-order valence-corrected chi connectivity index (χ3v) is 1.86. The van der Waals surface area contributed by atoms with Gasteiger partial charge in [0, 0.05) is 6.08 Å². The summed E-state index contributed by atoms with van der Waals surface area (Å²) in [6.45, 7) is 0.142. The molecule has 13 heavy (non-hydrogen) atoms. The Morgan fingerprint density at radius 1 is 1.62 bits per heavy atom. The highest BCUT2D eigenvalue weighted by Crippen LogP contribution is 2.25. The minimum Gasteiger partial charge on any atom is -0.474 e. The fourth-order valence-electron chi connectivity index (χ4n) is 1.27. The zero-order chi connectivity index (χ0) is 9.26. The fraction of sp³-hybridized carbons (Fsp3) is 0.250. The average molecular weight is 181 g/mol. The van der Waals surface area contributed by atoms with E-state index >= 15 is 0 Å². The third-order valence-electron chi connectivity index (χ3n) is 1.86. The van der Waals surface area contributed by atoms with E-state index in [1.807, 2.05) is 0 Å². The number of fused-ring (bicyclic) bond motifs is 1. The number of hydrogen-bond donors (Lipinski definition) is 0. The van der Waals surface area contributed by atoms with Gasteiger partial charge in [0.15, 0.2) is 6.79 Å². The molecule has 5 nitrogen and oxygen atoms in total. The summed E-state index contributed by atoms with van der Waals surface area (Å²) < 4.78 is 10.00. The summed E-state index contributed by atoms with van der Waals surface area (Å²) in [6, 6.07) is 0. The van der Waals surface area contributed by atoms with Crippen LogP contribution in [0.3, 0.4) is 0 Å². The number of nitro groups is 1. The van der Waals surface area contributed by atoms with Crippen molar-refractivity contribution in [3.8, 4) is 0 Å². The normalized spacial score (nSPS) is 25.4. The van der Waals surface area contributed by atoms with Crippen LogP contribution >= 0.6 is 0 Å². The second kappa shape index (κ2) is 3.02. The molecule has 0 bridgehead atoms.